The van der Waals surface area contributed by atoms with Gasteiger partial charge in [-0.05, 0) is 63.0 Å². The Morgan fingerprint density at radius 3 is 2.28 bits per heavy atom. The predicted octanol–water partition coefficient (Wildman–Crippen LogP) is 3.30. The van der Waals surface area contributed by atoms with E-state index < -0.39 is 10.0 Å². The third-order valence-corrected chi connectivity index (χ3v) is 9.28. The van der Waals surface area contributed by atoms with Gasteiger partial charge in [-0.2, -0.15) is 4.31 Å². The van der Waals surface area contributed by atoms with Crippen molar-refractivity contribution in [1.82, 2.24) is 18.7 Å². The summed E-state index contributed by atoms with van der Waals surface area (Å²) in [5.74, 6) is 0.0361. The molecule has 176 valence electrons. The molecule has 0 saturated carbocycles. The third-order valence-electron chi connectivity index (χ3n) is 7.23. The maximum atomic E-state index is 13.3. The van der Waals surface area contributed by atoms with Gasteiger partial charge in [-0.1, -0.05) is 20.3 Å². The summed E-state index contributed by atoms with van der Waals surface area (Å²) in [6, 6.07) is 7.59. The lowest BCUT2D eigenvalue weighted by Crippen LogP contribution is -2.48. The zero-order chi connectivity index (χ0) is 22.9. The number of sulfonamides is 1. The molecule has 0 unspecified atom stereocenters. The molecule has 0 radical (unpaired) electrons. The van der Waals surface area contributed by atoms with Crippen LogP contribution in [-0.2, 0) is 17.1 Å². The van der Waals surface area contributed by atoms with Crippen LogP contribution in [0, 0.1) is 0 Å². The van der Waals surface area contributed by atoms with Crippen molar-refractivity contribution < 1.29 is 13.2 Å². The van der Waals surface area contributed by atoms with Crippen molar-refractivity contribution in [2.75, 3.05) is 39.3 Å². The summed E-state index contributed by atoms with van der Waals surface area (Å²) in [5, 5.41) is 0.785. The van der Waals surface area contributed by atoms with Gasteiger partial charge in [0.05, 0.1) is 4.90 Å². The highest BCUT2D eigenvalue weighted by molar-refractivity contribution is 7.89. The molecule has 2 aliphatic rings. The lowest BCUT2D eigenvalue weighted by atomic mass is 9.99. The van der Waals surface area contributed by atoms with Gasteiger partial charge in [-0.25, -0.2) is 8.42 Å². The Balaban J connectivity index is 1.52. The van der Waals surface area contributed by atoms with E-state index >= 15 is 0 Å². The molecule has 2 aliphatic heterocycles. The fraction of sp³-hybridized carbons (Fsp3) is 0.625. The topological polar surface area (TPSA) is 65.9 Å². The minimum absolute atomic E-state index is 0.0361. The van der Waals surface area contributed by atoms with Gasteiger partial charge in [-0.3, -0.25) is 4.79 Å². The van der Waals surface area contributed by atoms with E-state index in [0.29, 0.717) is 24.8 Å². The van der Waals surface area contributed by atoms with Crippen molar-refractivity contribution >= 4 is 26.8 Å². The number of fused-ring (bicyclic) bond motifs is 1. The average molecular weight is 461 g/mol. The summed E-state index contributed by atoms with van der Waals surface area (Å²) in [6.45, 7) is 8.50. The maximum Gasteiger partial charge on any atom is 0.270 e. The van der Waals surface area contributed by atoms with Crippen LogP contribution in [0.5, 0.6) is 0 Å². The summed E-state index contributed by atoms with van der Waals surface area (Å²) in [4.78, 5) is 18.2. The number of rotatable bonds is 6. The molecule has 8 heteroatoms. The predicted molar refractivity (Wildman–Crippen MR) is 127 cm³/mol. The number of aryl methyl sites for hydroxylation is 1. The maximum absolute atomic E-state index is 13.3. The molecule has 4 rings (SSSR count). The molecule has 3 heterocycles. The van der Waals surface area contributed by atoms with Crippen LogP contribution in [0.15, 0.2) is 29.2 Å². The van der Waals surface area contributed by atoms with E-state index in [1.807, 2.05) is 42.5 Å². The second kappa shape index (κ2) is 9.53. The second-order valence-corrected chi connectivity index (χ2v) is 11.0. The van der Waals surface area contributed by atoms with Gasteiger partial charge < -0.3 is 14.4 Å². The largest absolute Gasteiger partial charge is 0.340 e. The van der Waals surface area contributed by atoms with Gasteiger partial charge in [0, 0.05) is 50.2 Å². The molecule has 2 aromatic rings. The van der Waals surface area contributed by atoms with Crippen molar-refractivity contribution in [2.24, 2.45) is 7.05 Å². The van der Waals surface area contributed by atoms with Gasteiger partial charge in [0.15, 0.2) is 0 Å². The third kappa shape index (κ3) is 4.32. The van der Waals surface area contributed by atoms with Crippen LogP contribution in [0.1, 0.15) is 56.4 Å². The number of carbonyl (C=O) groups excluding carboxylic acids is 1. The van der Waals surface area contributed by atoms with Gasteiger partial charge in [0.25, 0.3) is 5.91 Å². The van der Waals surface area contributed by atoms with Crippen molar-refractivity contribution in [3.63, 3.8) is 0 Å². The molecular formula is C24H36N4O3S. The highest BCUT2D eigenvalue weighted by atomic mass is 32.2. The van der Waals surface area contributed by atoms with E-state index in [4.69, 9.17) is 0 Å². The van der Waals surface area contributed by atoms with Crippen LogP contribution in [0.3, 0.4) is 0 Å². The number of nitrogens with zero attached hydrogens (tertiary/aromatic N) is 4. The van der Waals surface area contributed by atoms with Gasteiger partial charge >= 0.3 is 0 Å². The van der Waals surface area contributed by atoms with Gasteiger partial charge in [0.2, 0.25) is 10.0 Å². The highest BCUT2D eigenvalue weighted by Gasteiger charge is 2.29. The molecule has 0 atom stereocenters. The zero-order valence-electron chi connectivity index (χ0n) is 19.6. The number of hydrogen-bond acceptors (Lipinski definition) is 4. The Hall–Kier alpha value is -1.90. The van der Waals surface area contributed by atoms with Crippen LogP contribution in [0.4, 0.5) is 0 Å². The molecular weight excluding hydrogens is 424 g/mol. The first-order valence-electron chi connectivity index (χ1n) is 12.0. The van der Waals surface area contributed by atoms with E-state index in [1.54, 1.807) is 12.1 Å². The van der Waals surface area contributed by atoms with Crippen LogP contribution in [-0.4, -0.2) is 78.3 Å². The number of benzene rings is 1. The monoisotopic (exact) mass is 460 g/mol. The van der Waals surface area contributed by atoms with Crippen LogP contribution in [0.2, 0.25) is 0 Å². The van der Waals surface area contributed by atoms with E-state index in [0.717, 1.165) is 36.8 Å². The molecule has 2 fully saturated rings. The molecule has 0 spiro atoms. The summed E-state index contributed by atoms with van der Waals surface area (Å²) >= 11 is 0. The van der Waals surface area contributed by atoms with Gasteiger partial charge in [-0.15, -0.1) is 0 Å². The molecule has 1 aromatic carbocycles. The van der Waals surface area contributed by atoms with Crippen molar-refractivity contribution in [2.45, 2.75) is 56.9 Å². The number of likely N-dealkylation sites (tertiary alicyclic amines) is 2. The quantitative estimate of drug-likeness (QED) is 0.664. The summed E-state index contributed by atoms with van der Waals surface area (Å²) in [5.41, 5.74) is 1.49. The lowest BCUT2D eigenvalue weighted by Gasteiger charge is -2.40. The summed E-state index contributed by atoms with van der Waals surface area (Å²) in [7, 11) is -1.65. The van der Waals surface area contributed by atoms with E-state index in [9.17, 15) is 13.2 Å². The van der Waals surface area contributed by atoms with Crippen LogP contribution in [0.25, 0.3) is 10.9 Å². The minimum atomic E-state index is -3.53. The molecule has 0 N–H and O–H groups in total. The number of aromatic nitrogens is 1. The Morgan fingerprint density at radius 2 is 1.66 bits per heavy atom. The first kappa shape index (κ1) is 23.3. The number of carbonyl (C=O) groups is 1. The molecule has 1 amide bonds. The highest BCUT2D eigenvalue weighted by Crippen LogP contribution is 2.27. The normalized spacial score (nSPS) is 19.2. The summed E-state index contributed by atoms with van der Waals surface area (Å²) < 4.78 is 29.2. The molecule has 2 saturated heterocycles. The first-order valence-corrected chi connectivity index (χ1v) is 13.4. The number of amides is 1. The lowest BCUT2D eigenvalue weighted by molar-refractivity contribution is 0.0582. The second-order valence-electron chi connectivity index (χ2n) is 9.02. The Morgan fingerprint density at radius 1 is 1.00 bits per heavy atom. The number of hydrogen-bond donors (Lipinski definition) is 0. The average Bonchev–Trinajstić information content (AvgIpc) is 3.15. The Labute approximate surface area is 192 Å². The minimum Gasteiger partial charge on any atom is -0.340 e. The first-order chi connectivity index (χ1) is 15.4. The molecule has 0 aliphatic carbocycles. The van der Waals surface area contributed by atoms with Crippen molar-refractivity contribution in [1.29, 1.82) is 0 Å². The van der Waals surface area contributed by atoms with Crippen molar-refractivity contribution in [3.05, 3.63) is 30.0 Å². The molecule has 1 aromatic heterocycles. The van der Waals surface area contributed by atoms with Crippen LogP contribution >= 0.6 is 0 Å². The Bertz CT molecular complexity index is 1060. The van der Waals surface area contributed by atoms with Crippen molar-refractivity contribution in [3.8, 4) is 0 Å². The fourth-order valence-electron chi connectivity index (χ4n) is 5.29. The summed E-state index contributed by atoms with van der Waals surface area (Å²) in [6.07, 6.45) is 5.98. The fourth-order valence-corrected chi connectivity index (χ4v) is 6.78. The van der Waals surface area contributed by atoms with E-state index in [2.05, 4.69) is 4.90 Å². The standard InChI is InChI=1S/C24H36N4O3S/c1-4-28(5-2)32(30,31)21-9-10-22-19(17-21)18-23(25(22)3)24(29)27-15-11-20(12-16-27)26-13-7-6-8-14-26/h9-10,17-18,20H,4-8,11-16H2,1-3H3. The Kier molecular flexibility index (Phi) is 6.93. The SMILES string of the molecule is CCN(CC)S(=O)(=O)c1ccc2c(c1)cc(C(=O)N1CCC(N3CCCCC3)CC1)n2C. The smallest absolute Gasteiger partial charge is 0.270 e. The zero-order valence-corrected chi connectivity index (χ0v) is 20.4. The molecule has 7 nitrogen and oxygen atoms in total. The van der Waals surface area contributed by atoms with E-state index in [-0.39, 0.29) is 10.8 Å². The molecule has 32 heavy (non-hydrogen) atoms. The van der Waals surface area contributed by atoms with E-state index in [1.165, 1.54) is 36.7 Å². The molecule has 0 bridgehead atoms. The van der Waals surface area contributed by atoms with Gasteiger partial charge in [0.1, 0.15) is 5.69 Å². The number of piperidine rings is 2. The van der Waals surface area contributed by atoms with Crippen LogP contribution < -0.4 is 0 Å².